The molecule has 4 rings (SSSR count). The molecule has 2 saturated heterocycles. The first-order valence-electron chi connectivity index (χ1n) is 8.98. The zero-order valence-electron chi connectivity index (χ0n) is 14.3. The van der Waals surface area contributed by atoms with E-state index < -0.39 is 5.97 Å². The van der Waals surface area contributed by atoms with Crippen molar-refractivity contribution in [2.45, 2.75) is 43.9 Å². The van der Waals surface area contributed by atoms with Gasteiger partial charge in [-0.25, -0.2) is 4.79 Å². The fourth-order valence-electron chi connectivity index (χ4n) is 4.43. The molecule has 2 aromatic carbocycles. The number of aliphatic hydroxyl groups excluding tert-OH is 1. The number of piperidine rings is 1. The molecule has 2 fully saturated rings. The van der Waals surface area contributed by atoms with E-state index in [0.29, 0.717) is 29.5 Å². The van der Waals surface area contributed by atoms with Gasteiger partial charge in [-0.2, -0.15) is 0 Å². The Bertz CT molecular complexity index is 849. The summed E-state index contributed by atoms with van der Waals surface area (Å²) in [6.45, 7) is 0. The summed E-state index contributed by atoms with van der Waals surface area (Å²) in [5, 5.41) is 19.5. The standard InChI is InChI=1S/C21H21NO4/c23-15-11-13-9-10-14(12-15)22(13)20(24)18-7-3-1-5-16(18)17-6-2-4-8-19(17)21(25)26/h1-8,13-15,23H,9-12H2,(H,25,26). The van der Waals surface area contributed by atoms with E-state index in [1.807, 2.05) is 11.0 Å². The van der Waals surface area contributed by atoms with E-state index in [1.54, 1.807) is 42.5 Å². The molecule has 26 heavy (non-hydrogen) atoms. The third-order valence-corrected chi connectivity index (χ3v) is 5.55. The number of carbonyl (C=O) groups is 2. The number of aromatic carboxylic acids is 1. The van der Waals surface area contributed by atoms with Crippen LogP contribution in [0.2, 0.25) is 0 Å². The van der Waals surface area contributed by atoms with Crippen molar-refractivity contribution in [3.63, 3.8) is 0 Å². The summed E-state index contributed by atoms with van der Waals surface area (Å²) in [6, 6.07) is 14.1. The summed E-state index contributed by atoms with van der Waals surface area (Å²) >= 11 is 0. The van der Waals surface area contributed by atoms with Crippen molar-refractivity contribution in [2.75, 3.05) is 0 Å². The zero-order valence-corrected chi connectivity index (χ0v) is 14.3. The molecular formula is C21H21NO4. The molecule has 134 valence electrons. The van der Waals surface area contributed by atoms with Gasteiger partial charge in [0.05, 0.1) is 11.7 Å². The van der Waals surface area contributed by atoms with Crippen LogP contribution in [-0.4, -0.2) is 45.2 Å². The monoisotopic (exact) mass is 351 g/mol. The van der Waals surface area contributed by atoms with Crippen molar-refractivity contribution in [1.29, 1.82) is 0 Å². The van der Waals surface area contributed by atoms with Crippen LogP contribution in [0.1, 0.15) is 46.4 Å². The molecule has 2 heterocycles. The zero-order chi connectivity index (χ0) is 18.3. The summed E-state index contributed by atoms with van der Waals surface area (Å²) in [4.78, 5) is 26.9. The van der Waals surface area contributed by atoms with E-state index >= 15 is 0 Å². The van der Waals surface area contributed by atoms with Gasteiger partial charge in [-0.1, -0.05) is 36.4 Å². The SMILES string of the molecule is O=C(O)c1ccccc1-c1ccccc1C(=O)N1C2CCC1CC(O)C2. The summed E-state index contributed by atoms with van der Waals surface area (Å²) in [5.41, 5.74) is 1.90. The molecule has 2 aromatic rings. The quantitative estimate of drug-likeness (QED) is 0.890. The number of amides is 1. The predicted octanol–water partition coefficient (Wildman–Crippen LogP) is 3.18. The van der Waals surface area contributed by atoms with Crippen LogP contribution >= 0.6 is 0 Å². The third kappa shape index (κ3) is 2.78. The number of carboxylic acid groups (broad SMARTS) is 1. The van der Waals surface area contributed by atoms with Crippen molar-refractivity contribution in [3.8, 4) is 11.1 Å². The average Bonchev–Trinajstić information content (AvgIpc) is 2.92. The largest absolute Gasteiger partial charge is 0.478 e. The maximum atomic E-state index is 13.3. The Morgan fingerprint density at radius 2 is 1.35 bits per heavy atom. The van der Waals surface area contributed by atoms with Gasteiger partial charge in [-0.3, -0.25) is 4.79 Å². The van der Waals surface area contributed by atoms with Crippen molar-refractivity contribution < 1.29 is 19.8 Å². The van der Waals surface area contributed by atoms with Gasteiger partial charge in [0.25, 0.3) is 5.91 Å². The Balaban J connectivity index is 1.76. The fraction of sp³-hybridized carbons (Fsp3) is 0.333. The van der Waals surface area contributed by atoms with Crippen LogP contribution in [0.3, 0.4) is 0 Å². The van der Waals surface area contributed by atoms with Crippen LogP contribution in [0.5, 0.6) is 0 Å². The van der Waals surface area contributed by atoms with Crippen LogP contribution in [0.4, 0.5) is 0 Å². The second-order valence-electron chi connectivity index (χ2n) is 7.12. The molecule has 5 nitrogen and oxygen atoms in total. The maximum absolute atomic E-state index is 13.3. The Labute approximate surface area is 151 Å². The van der Waals surface area contributed by atoms with Gasteiger partial charge in [0, 0.05) is 17.6 Å². The minimum Gasteiger partial charge on any atom is -0.478 e. The fourth-order valence-corrected chi connectivity index (χ4v) is 4.43. The van der Waals surface area contributed by atoms with Crippen LogP contribution < -0.4 is 0 Å². The van der Waals surface area contributed by atoms with Gasteiger partial charge in [0.1, 0.15) is 0 Å². The van der Waals surface area contributed by atoms with Crippen LogP contribution in [-0.2, 0) is 0 Å². The molecule has 0 aliphatic carbocycles. The van der Waals surface area contributed by atoms with Gasteiger partial charge in [-0.15, -0.1) is 0 Å². The van der Waals surface area contributed by atoms with E-state index in [4.69, 9.17) is 0 Å². The average molecular weight is 351 g/mol. The third-order valence-electron chi connectivity index (χ3n) is 5.55. The molecular weight excluding hydrogens is 330 g/mol. The number of rotatable bonds is 3. The molecule has 0 spiro atoms. The smallest absolute Gasteiger partial charge is 0.336 e. The van der Waals surface area contributed by atoms with Gasteiger partial charge in [0.2, 0.25) is 0 Å². The molecule has 1 amide bonds. The topological polar surface area (TPSA) is 77.8 Å². The number of benzene rings is 2. The van der Waals surface area contributed by atoms with Gasteiger partial charge in [-0.05, 0) is 48.9 Å². The highest BCUT2D eigenvalue weighted by atomic mass is 16.4. The van der Waals surface area contributed by atoms with Gasteiger partial charge < -0.3 is 15.1 Å². The van der Waals surface area contributed by atoms with Crippen molar-refractivity contribution >= 4 is 11.9 Å². The molecule has 0 saturated carbocycles. The molecule has 2 aliphatic rings. The molecule has 2 N–H and O–H groups in total. The first-order valence-corrected chi connectivity index (χ1v) is 8.98. The van der Waals surface area contributed by atoms with E-state index in [2.05, 4.69) is 0 Å². The summed E-state index contributed by atoms with van der Waals surface area (Å²) < 4.78 is 0. The lowest BCUT2D eigenvalue weighted by Crippen LogP contribution is -2.48. The minimum absolute atomic E-state index is 0.0685. The highest BCUT2D eigenvalue weighted by Gasteiger charge is 2.43. The van der Waals surface area contributed by atoms with Crippen molar-refractivity contribution in [3.05, 3.63) is 59.7 Å². The first-order chi connectivity index (χ1) is 12.6. The second kappa shape index (κ2) is 6.57. The molecule has 0 radical (unpaired) electrons. The molecule has 0 aromatic heterocycles. The Kier molecular flexibility index (Phi) is 4.24. The number of fused-ring (bicyclic) bond motifs is 2. The minimum atomic E-state index is -1.01. The van der Waals surface area contributed by atoms with Crippen molar-refractivity contribution in [1.82, 2.24) is 4.90 Å². The molecule has 2 atom stereocenters. The lowest BCUT2D eigenvalue weighted by atomic mass is 9.93. The van der Waals surface area contributed by atoms with E-state index in [-0.39, 0.29) is 29.7 Å². The van der Waals surface area contributed by atoms with E-state index in [9.17, 15) is 19.8 Å². The lowest BCUT2D eigenvalue weighted by Gasteiger charge is -2.37. The Morgan fingerprint density at radius 3 is 1.92 bits per heavy atom. The molecule has 5 heteroatoms. The lowest BCUT2D eigenvalue weighted by molar-refractivity contribution is 0.0287. The number of nitrogens with zero attached hydrogens (tertiary/aromatic N) is 1. The summed E-state index contributed by atoms with van der Waals surface area (Å²) in [5.74, 6) is -1.08. The van der Waals surface area contributed by atoms with Crippen molar-refractivity contribution in [2.24, 2.45) is 0 Å². The van der Waals surface area contributed by atoms with E-state index in [0.717, 1.165) is 12.8 Å². The highest BCUT2D eigenvalue weighted by Crippen LogP contribution is 2.38. The van der Waals surface area contributed by atoms with Crippen LogP contribution in [0.15, 0.2) is 48.5 Å². The molecule has 2 aliphatic heterocycles. The number of aliphatic hydroxyl groups is 1. The van der Waals surface area contributed by atoms with Gasteiger partial charge >= 0.3 is 5.97 Å². The maximum Gasteiger partial charge on any atom is 0.336 e. The first kappa shape index (κ1) is 16.8. The number of hydrogen-bond donors (Lipinski definition) is 2. The van der Waals surface area contributed by atoms with E-state index in [1.165, 1.54) is 0 Å². The normalized spacial score (nSPS) is 24.5. The second-order valence-corrected chi connectivity index (χ2v) is 7.12. The summed E-state index contributed by atoms with van der Waals surface area (Å²) in [6.07, 6.45) is 2.74. The number of carboxylic acids is 1. The Hall–Kier alpha value is -2.66. The molecule has 2 bridgehead atoms. The van der Waals surface area contributed by atoms with Crippen LogP contribution in [0.25, 0.3) is 11.1 Å². The van der Waals surface area contributed by atoms with Gasteiger partial charge in [0.15, 0.2) is 0 Å². The number of hydrogen-bond acceptors (Lipinski definition) is 3. The Morgan fingerprint density at radius 1 is 0.846 bits per heavy atom. The summed E-state index contributed by atoms with van der Waals surface area (Å²) in [7, 11) is 0. The highest BCUT2D eigenvalue weighted by molar-refractivity contribution is 6.05. The predicted molar refractivity (Wildman–Crippen MR) is 97.1 cm³/mol. The van der Waals surface area contributed by atoms with Crippen LogP contribution in [0, 0.1) is 0 Å². The molecule has 2 unspecified atom stereocenters. The number of carbonyl (C=O) groups excluding carboxylic acids is 1.